The molecule has 1 aliphatic rings. The quantitative estimate of drug-likeness (QED) is 0.837. The van der Waals surface area contributed by atoms with Crippen molar-refractivity contribution in [2.45, 2.75) is 6.42 Å². The molecule has 19 heavy (non-hydrogen) atoms. The molecule has 0 saturated carbocycles. The zero-order valence-corrected chi connectivity index (χ0v) is 12.0. The van der Waals surface area contributed by atoms with E-state index in [1.165, 1.54) is 15.1 Å². The van der Waals surface area contributed by atoms with Gasteiger partial charge >= 0.3 is 0 Å². The van der Waals surface area contributed by atoms with Crippen molar-refractivity contribution in [3.05, 3.63) is 17.2 Å². The highest BCUT2D eigenvalue weighted by molar-refractivity contribution is 7.89. The lowest BCUT2D eigenvalue weighted by molar-refractivity contribution is 0.0938. The van der Waals surface area contributed by atoms with E-state index in [4.69, 9.17) is 11.6 Å². The first kappa shape index (κ1) is 14.3. The summed E-state index contributed by atoms with van der Waals surface area (Å²) in [5.41, 5.74) is 0. The fourth-order valence-corrected chi connectivity index (χ4v) is 3.57. The maximum atomic E-state index is 11.8. The minimum atomic E-state index is -3.11. The largest absolute Gasteiger partial charge is 0.348 e. The summed E-state index contributed by atoms with van der Waals surface area (Å²) in [4.78, 5) is 15.7. The molecule has 2 heterocycles. The monoisotopic (exact) mass is 306 g/mol. The Morgan fingerprint density at radius 1 is 1.58 bits per heavy atom. The number of nitrogens with one attached hydrogen (secondary N) is 1. The van der Waals surface area contributed by atoms with Crippen LogP contribution in [0.5, 0.6) is 0 Å². The van der Waals surface area contributed by atoms with E-state index in [1.54, 1.807) is 7.05 Å². The fraction of sp³-hybridized carbons (Fsp3) is 0.600. The SMILES string of the molecule is Cn1c(Cl)cnc1C(=O)NCCN1CCCS1(=O)=O. The van der Waals surface area contributed by atoms with E-state index in [2.05, 4.69) is 10.3 Å². The van der Waals surface area contributed by atoms with Gasteiger partial charge in [-0.15, -0.1) is 0 Å². The Bertz CT molecular complexity index is 584. The Labute approximate surface area is 116 Å². The molecule has 0 atom stereocenters. The van der Waals surface area contributed by atoms with Crippen LogP contribution in [0.3, 0.4) is 0 Å². The summed E-state index contributed by atoms with van der Waals surface area (Å²) < 4.78 is 25.9. The van der Waals surface area contributed by atoms with E-state index in [-0.39, 0.29) is 30.6 Å². The number of hydrogen-bond donors (Lipinski definition) is 1. The van der Waals surface area contributed by atoms with Gasteiger partial charge in [0.2, 0.25) is 10.0 Å². The van der Waals surface area contributed by atoms with Crippen molar-refractivity contribution in [1.29, 1.82) is 0 Å². The van der Waals surface area contributed by atoms with E-state index in [9.17, 15) is 13.2 Å². The number of imidazole rings is 1. The van der Waals surface area contributed by atoms with Gasteiger partial charge in [0.25, 0.3) is 5.91 Å². The number of hydrogen-bond acceptors (Lipinski definition) is 4. The highest BCUT2D eigenvalue weighted by Gasteiger charge is 2.27. The topological polar surface area (TPSA) is 84.3 Å². The first-order valence-electron chi connectivity index (χ1n) is 5.85. The molecule has 1 aliphatic heterocycles. The molecule has 1 saturated heterocycles. The van der Waals surface area contributed by atoms with Gasteiger partial charge in [0.05, 0.1) is 11.9 Å². The van der Waals surface area contributed by atoms with Gasteiger partial charge in [-0.3, -0.25) is 4.79 Å². The fourth-order valence-electron chi connectivity index (χ4n) is 1.92. The first-order valence-corrected chi connectivity index (χ1v) is 7.84. The molecule has 0 radical (unpaired) electrons. The molecule has 2 rings (SSSR count). The molecular formula is C10H15ClN4O3S. The Hall–Kier alpha value is -1.12. The Morgan fingerprint density at radius 2 is 2.32 bits per heavy atom. The highest BCUT2D eigenvalue weighted by Crippen LogP contribution is 2.12. The Kier molecular flexibility index (Phi) is 4.12. The van der Waals surface area contributed by atoms with Crippen molar-refractivity contribution >= 4 is 27.5 Å². The lowest BCUT2D eigenvalue weighted by Gasteiger charge is -2.14. The second-order valence-corrected chi connectivity index (χ2v) is 6.76. The summed E-state index contributed by atoms with van der Waals surface area (Å²) in [5.74, 6) is 0.0240. The Balaban J connectivity index is 1.86. The van der Waals surface area contributed by atoms with Crippen molar-refractivity contribution in [3.8, 4) is 0 Å². The first-order chi connectivity index (χ1) is 8.92. The zero-order valence-electron chi connectivity index (χ0n) is 10.5. The van der Waals surface area contributed by atoms with E-state index in [0.29, 0.717) is 18.1 Å². The summed E-state index contributed by atoms with van der Waals surface area (Å²) in [6.07, 6.45) is 2.03. The van der Waals surface area contributed by atoms with Crippen LogP contribution in [0.1, 0.15) is 17.0 Å². The van der Waals surface area contributed by atoms with Crippen LogP contribution in [0.4, 0.5) is 0 Å². The van der Waals surface area contributed by atoms with Crippen LogP contribution in [0.15, 0.2) is 6.20 Å². The maximum absolute atomic E-state index is 11.8. The van der Waals surface area contributed by atoms with Crippen LogP contribution in [0.2, 0.25) is 5.15 Å². The van der Waals surface area contributed by atoms with Gasteiger partial charge in [-0.2, -0.15) is 0 Å². The van der Waals surface area contributed by atoms with Crippen LogP contribution >= 0.6 is 11.6 Å². The third-order valence-electron chi connectivity index (χ3n) is 2.98. The standard InChI is InChI=1S/C10H15ClN4O3S/c1-14-8(11)7-13-9(14)10(16)12-3-5-15-4-2-6-19(15,17)18/h7H,2-6H2,1H3,(H,12,16). The molecule has 1 aromatic heterocycles. The van der Waals surface area contributed by atoms with Crippen LogP contribution < -0.4 is 5.32 Å². The van der Waals surface area contributed by atoms with Crippen LogP contribution in [-0.4, -0.2) is 53.6 Å². The predicted octanol–water partition coefficient (Wildman–Crippen LogP) is -0.161. The van der Waals surface area contributed by atoms with Gasteiger partial charge in [-0.25, -0.2) is 17.7 Å². The van der Waals surface area contributed by atoms with E-state index in [0.717, 1.165) is 0 Å². The van der Waals surface area contributed by atoms with Crippen molar-refractivity contribution in [1.82, 2.24) is 19.2 Å². The number of rotatable bonds is 4. The molecule has 9 heteroatoms. The second-order valence-electron chi connectivity index (χ2n) is 4.29. The summed E-state index contributed by atoms with van der Waals surface area (Å²) in [6.45, 7) is 1.06. The van der Waals surface area contributed by atoms with Crippen molar-refractivity contribution in [3.63, 3.8) is 0 Å². The molecule has 7 nitrogen and oxygen atoms in total. The predicted molar refractivity (Wildman–Crippen MR) is 70.5 cm³/mol. The number of aromatic nitrogens is 2. The molecule has 0 bridgehead atoms. The maximum Gasteiger partial charge on any atom is 0.287 e. The van der Waals surface area contributed by atoms with E-state index in [1.807, 2.05) is 0 Å². The van der Waals surface area contributed by atoms with Crippen LogP contribution in [0, 0.1) is 0 Å². The van der Waals surface area contributed by atoms with Crippen LogP contribution in [0.25, 0.3) is 0 Å². The Morgan fingerprint density at radius 3 is 2.84 bits per heavy atom. The highest BCUT2D eigenvalue weighted by atomic mass is 35.5. The smallest absolute Gasteiger partial charge is 0.287 e. The third-order valence-corrected chi connectivity index (χ3v) is 5.29. The van der Waals surface area contributed by atoms with Gasteiger partial charge in [0.1, 0.15) is 5.15 Å². The minimum absolute atomic E-state index is 0.190. The van der Waals surface area contributed by atoms with Gasteiger partial charge < -0.3 is 9.88 Å². The number of amides is 1. The summed E-state index contributed by atoms with van der Waals surface area (Å²) in [5, 5.41) is 3.00. The summed E-state index contributed by atoms with van der Waals surface area (Å²) >= 11 is 5.78. The summed E-state index contributed by atoms with van der Waals surface area (Å²) in [7, 11) is -1.48. The molecule has 106 valence electrons. The second kappa shape index (κ2) is 5.48. The molecule has 0 aliphatic carbocycles. The van der Waals surface area contributed by atoms with Gasteiger partial charge in [0, 0.05) is 26.7 Å². The lowest BCUT2D eigenvalue weighted by atomic mass is 10.4. The summed E-state index contributed by atoms with van der Waals surface area (Å²) in [6, 6.07) is 0. The average molecular weight is 307 g/mol. The number of sulfonamides is 1. The number of carbonyl (C=O) groups is 1. The van der Waals surface area contributed by atoms with E-state index >= 15 is 0 Å². The van der Waals surface area contributed by atoms with Crippen molar-refractivity contribution in [2.75, 3.05) is 25.4 Å². The number of halogens is 1. The van der Waals surface area contributed by atoms with Crippen molar-refractivity contribution < 1.29 is 13.2 Å². The molecule has 0 aromatic carbocycles. The average Bonchev–Trinajstić information content (AvgIpc) is 2.84. The van der Waals surface area contributed by atoms with Crippen molar-refractivity contribution in [2.24, 2.45) is 7.05 Å². The normalized spacial score (nSPS) is 18.6. The zero-order chi connectivity index (χ0) is 14.0. The third kappa shape index (κ3) is 3.07. The van der Waals surface area contributed by atoms with Gasteiger partial charge in [-0.05, 0) is 6.42 Å². The molecule has 1 fully saturated rings. The minimum Gasteiger partial charge on any atom is -0.348 e. The van der Waals surface area contributed by atoms with Gasteiger partial charge in [0.15, 0.2) is 5.82 Å². The van der Waals surface area contributed by atoms with E-state index < -0.39 is 10.0 Å². The lowest BCUT2D eigenvalue weighted by Crippen LogP contribution is -2.36. The molecular weight excluding hydrogens is 292 g/mol. The van der Waals surface area contributed by atoms with Gasteiger partial charge in [-0.1, -0.05) is 11.6 Å². The molecule has 1 amide bonds. The number of carbonyl (C=O) groups excluding carboxylic acids is 1. The molecule has 1 N–H and O–H groups in total. The molecule has 1 aromatic rings. The number of nitrogens with zero attached hydrogens (tertiary/aromatic N) is 3. The molecule has 0 unspecified atom stereocenters. The van der Waals surface area contributed by atoms with Crippen LogP contribution in [-0.2, 0) is 17.1 Å². The molecule has 0 spiro atoms.